The lowest BCUT2D eigenvalue weighted by atomic mass is 9.78. The number of halogens is 5. The zero-order valence-corrected chi connectivity index (χ0v) is 28.9. The molecule has 1 atom stereocenters. The number of anilines is 2. The predicted octanol–water partition coefficient (Wildman–Crippen LogP) is 8.33. The molecule has 14 heteroatoms. The van der Waals surface area contributed by atoms with Crippen molar-refractivity contribution in [3.63, 3.8) is 0 Å². The number of hydrogen-bond acceptors (Lipinski definition) is 9. The molecule has 8 nitrogen and oxygen atoms in total. The van der Waals surface area contributed by atoms with Gasteiger partial charge in [-0.25, -0.2) is 17.6 Å². The van der Waals surface area contributed by atoms with Crippen LogP contribution in [0.3, 0.4) is 0 Å². The number of ether oxygens (including phenoxy) is 2. The van der Waals surface area contributed by atoms with Crippen LogP contribution in [0.4, 0.5) is 28.4 Å². The van der Waals surface area contributed by atoms with E-state index in [0.717, 1.165) is 30.6 Å². The average molecular weight is 707 g/mol. The first-order valence-corrected chi connectivity index (χ1v) is 17.3. The van der Waals surface area contributed by atoms with Crippen LogP contribution in [0.1, 0.15) is 58.4 Å². The summed E-state index contributed by atoms with van der Waals surface area (Å²) in [6.45, 7) is 8.98. The molecule has 7 rings (SSSR count). The second-order valence-electron chi connectivity index (χ2n) is 12.1. The number of nitrogens with two attached hydrogens (primary N) is 1. The molecule has 2 aliphatic carbocycles. The molecular weight excluding hydrogens is 668 g/mol. The number of benzene rings is 2. The molecule has 48 heavy (non-hydrogen) atoms. The van der Waals surface area contributed by atoms with E-state index in [0.29, 0.717) is 44.1 Å². The standard InChI is InChI=1S/C23H18ClF2N5O2S.C9H15F2N.C2H6/c1-32-23-29-19-12(22(30-23)31-5-2-7-33-8-6-31)9-14(24)17(18(19)26)11-3-4-15(25)20-16(11)13(10-27)21(28)34-20;1-8(3-2-4-8)12-6-7-5-9(7,10)11;1-2/h3-4,9H,2,5-8,28H2,1H3;7,12H,2-6H2,1H3;1-2H3. The highest BCUT2D eigenvalue weighted by atomic mass is 35.5. The van der Waals surface area contributed by atoms with Gasteiger partial charge in [-0.05, 0) is 50.3 Å². The number of thiophene rings is 1. The summed E-state index contributed by atoms with van der Waals surface area (Å²) in [5.41, 5.74) is 6.47. The number of methoxy groups -OCH3 is 1. The fourth-order valence-electron chi connectivity index (χ4n) is 5.95. The maximum absolute atomic E-state index is 16.2. The highest BCUT2D eigenvalue weighted by Gasteiger charge is 2.56. The molecular formula is C34H39ClF4N6O2S. The van der Waals surface area contributed by atoms with E-state index in [4.69, 9.17) is 26.8 Å². The molecule has 1 aliphatic heterocycles. The van der Waals surface area contributed by atoms with Gasteiger partial charge in [-0.3, -0.25) is 0 Å². The molecule has 258 valence electrons. The Balaban J connectivity index is 0.000000268. The molecule has 1 unspecified atom stereocenters. The molecule has 0 radical (unpaired) electrons. The van der Waals surface area contributed by atoms with Crippen molar-refractivity contribution in [2.75, 3.05) is 50.6 Å². The van der Waals surface area contributed by atoms with Crippen molar-refractivity contribution in [3.05, 3.63) is 40.4 Å². The second kappa shape index (κ2) is 14.6. The minimum absolute atomic E-state index is 0.000584. The van der Waals surface area contributed by atoms with Gasteiger partial charge in [-0.2, -0.15) is 15.2 Å². The van der Waals surface area contributed by atoms with E-state index in [-0.39, 0.29) is 66.2 Å². The summed E-state index contributed by atoms with van der Waals surface area (Å²) in [6, 6.07) is 6.19. The van der Waals surface area contributed by atoms with Gasteiger partial charge >= 0.3 is 6.01 Å². The van der Waals surface area contributed by atoms with Crippen molar-refractivity contribution in [3.8, 4) is 23.2 Å². The van der Waals surface area contributed by atoms with E-state index in [1.165, 1.54) is 25.7 Å². The van der Waals surface area contributed by atoms with Crippen LogP contribution in [-0.2, 0) is 4.74 Å². The Hall–Kier alpha value is -3.44. The number of aromatic nitrogens is 2. The molecule has 0 spiro atoms. The number of nitriles is 1. The van der Waals surface area contributed by atoms with E-state index >= 15 is 4.39 Å². The number of nitrogens with one attached hydrogen (secondary N) is 1. The molecule has 3 N–H and O–H groups in total. The zero-order valence-electron chi connectivity index (χ0n) is 27.4. The van der Waals surface area contributed by atoms with Crippen molar-refractivity contribution < 1.29 is 27.0 Å². The Morgan fingerprint density at radius 3 is 2.54 bits per heavy atom. The maximum atomic E-state index is 16.2. The molecule has 0 bridgehead atoms. The fraction of sp³-hybridized carbons (Fsp3) is 0.500. The van der Waals surface area contributed by atoms with Crippen LogP contribution in [0.2, 0.25) is 5.02 Å². The Morgan fingerprint density at radius 1 is 1.19 bits per heavy atom. The normalized spacial score (nSPS) is 19.2. The number of fused-ring (bicyclic) bond motifs is 2. The molecule has 4 aromatic rings. The Kier molecular flexibility index (Phi) is 10.9. The smallest absolute Gasteiger partial charge is 0.318 e. The van der Waals surface area contributed by atoms with Crippen LogP contribution in [0, 0.1) is 28.9 Å². The van der Waals surface area contributed by atoms with Gasteiger partial charge in [0.15, 0.2) is 5.82 Å². The summed E-state index contributed by atoms with van der Waals surface area (Å²) in [7, 11) is 1.40. The van der Waals surface area contributed by atoms with Crippen LogP contribution in [0.5, 0.6) is 6.01 Å². The first-order chi connectivity index (χ1) is 23.0. The summed E-state index contributed by atoms with van der Waals surface area (Å²) in [5.74, 6) is -3.52. The van der Waals surface area contributed by atoms with Crippen LogP contribution in [0.15, 0.2) is 18.2 Å². The lowest BCUT2D eigenvalue weighted by Crippen LogP contribution is -2.49. The van der Waals surface area contributed by atoms with Crippen molar-refractivity contribution in [2.45, 2.75) is 64.3 Å². The highest BCUT2D eigenvalue weighted by molar-refractivity contribution is 7.23. The van der Waals surface area contributed by atoms with Gasteiger partial charge in [0.25, 0.3) is 5.92 Å². The number of nitrogen functional groups attached to an aromatic ring is 1. The van der Waals surface area contributed by atoms with Crippen LogP contribution in [-0.4, -0.2) is 61.4 Å². The Bertz CT molecular complexity index is 1840. The summed E-state index contributed by atoms with van der Waals surface area (Å²) in [4.78, 5) is 10.7. The largest absolute Gasteiger partial charge is 0.467 e. The molecule has 1 saturated heterocycles. The summed E-state index contributed by atoms with van der Waals surface area (Å²) >= 11 is 7.56. The Labute approximate surface area is 286 Å². The fourth-order valence-corrected chi connectivity index (χ4v) is 7.19. The van der Waals surface area contributed by atoms with E-state index in [9.17, 15) is 18.4 Å². The maximum Gasteiger partial charge on any atom is 0.318 e. The minimum atomic E-state index is -2.35. The SMILES string of the molecule is CC.CC1(NCC2CC2(F)F)CCC1.COc1nc(N2CCCOCC2)c2cc(Cl)c(-c3ccc(F)c4sc(N)c(C#N)c34)c(F)c2n1. The first kappa shape index (κ1) is 35.9. The topological polar surface area (TPSA) is 109 Å². The molecule has 3 aliphatic rings. The van der Waals surface area contributed by atoms with E-state index in [1.54, 1.807) is 6.07 Å². The first-order valence-electron chi connectivity index (χ1n) is 16.1. The number of alkyl halides is 2. The van der Waals surface area contributed by atoms with E-state index < -0.39 is 17.6 Å². The third-order valence-electron chi connectivity index (χ3n) is 8.93. The second-order valence-corrected chi connectivity index (χ2v) is 13.6. The third-order valence-corrected chi connectivity index (χ3v) is 10.3. The minimum Gasteiger partial charge on any atom is -0.467 e. The number of nitrogens with zero attached hydrogens (tertiary/aromatic N) is 4. The van der Waals surface area contributed by atoms with Gasteiger partial charge in [-0.1, -0.05) is 31.5 Å². The third kappa shape index (κ3) is 7.13. The van der Waals surface area contributed by atoms with Crippen molar-refractivity contribution in [1.82, 2.24) is 15.3 Å². The monoisotopic (exact) mass is 706 g/mol. The summed E-state index contributed by atoms with van der Waals surface area (Å²) in [5, 5.41) is 13.7. The summed E-state index contributed by atoms with van der Waals surface area (Å²) < 4.78 is 66.5. The van der Waals surface area contributed by atoms with Gasteiger partial charge in [0.1, 0.15) is 28.2 Å². The zero-order chi connectivity index (χ0) is 34.8. The average Bonchev–Trinajstić information content (AvgIpc) is 3.66. The van der Waals surface area contributed by atoms with Gasteiger partial charge in [0, 0.05) is 60.5 Å². The van der Waals surface area contributed by atoms with Gasteiger partial charge < -0.3 is 25.4 Å². The van der Waals surface area contributed by atoms with E-state index in [1.807, 2.05) is 24.8 Å². The molecule has 0 amide bonds. The van der Waals surface area contributed by atoms with Gasteiger partial charge in [0.2, 0.25) is 0 Å². The lowest BCUT2D eigenvalue weighted by Gasteiger charge is -2.39. The quantitative estimate of drug-likeness (QED) is 0.193. The Morgan fingerprint density at radius 2 is 1.92 bits per heavy atom. The van der Waals surface area contributed by atoms with Crippen LogP contribution in [0.25, 0.3) is 32.1 Å². The van der Waals surface area contributed by atoms with E-state index in [2.05, 4.69) is 22.2 Å². The van der Waals surface area contributed by atoms with Crippen molar-refractivity contribution in [2.24, 2.45) is 5.92 Å². The molecule has 3 fully saturated rings. The number of rotatable bonds is 6. The summed E-state index contributed by atoms with van der Waals surface area (Å²) in [6.07, 6.45) is 4.41. The van der Waals surface area contributed by atoms with Gasteiger partial charge in [-0.15, -0.1) is 11.3 Å². The van der Waals surface area contributed by atoms with Gasteiger partial charge in [0.05, 0.1) is 29.0 Å². The molecule has 2 saturated carbocycles. The highest BCUT2D eigenvalue weighted by Crippen LogP contribution is 2.49. The predicted molar refractivity (Wildman–Crippen MR) is 183 cm³/mol. The molecule has 2 aromatic carbocycles. The van der Waals surface area contributed by atoms with Crippen LogP contribution < -0.4 is 20.7 Å². The van der Waals surface area contributed by atoms with Crippen molar-refractivity contribution in [1.29, 1.82) is 5.26 Å². The van der Waals surface area contributed by atoms with Crippen LogP contribution >= 0.6 is 22.9 Å². The molecule has 3 heterocycles. The van der Waals surface area contributed by atoms with Crippen molar-refractivity contribution >= 4 is 54.7 Å². The number of hydrogen-bond donors (Lipinski definition) is 2. The molecule has 2 aromatic heterocycles. The lowest BCUT2D eigenvalue weighted by molar-refractivity contribution is 0.0934.